The van der Waals surface area contributed by atoms with Gasteiger partial charge >= 0.3 is 5.97 Å². The Kier molecular flexibility index (Phi) is 4.93. The summed E-state index contributed by atoms with van der Waals surface area (Å²) in [4.78, 5) is 24.0. The number of hydrogen-bond donors (Lipinski definition) is 0. The van der Waals surface area contributed by atoms with Gasteiger partial charge in [-0.2, -0.15) is 0 Å². The highest BCUT2D eigenvalue weighted by Gasteiger charge is 2.30. The Morgan fingerprint density at radius 3 is 2.73 bits per heavy atom. The number of furan rings is 1. The zero-order valence-electron chi connectivity index (χ0n) is 14.5. The number of carbonyl (C=O) groups is 2. The molecule has 1 aromatic carbocycles. The van der Waals surface area contributed by atoms with E-state index in [0.29, 0.717) is 28.4 Å². The van der Waals surface area contributed by atoms with Crippen LogP contribution in [0.2, 0.25) is 0 Å². The third-order valence-corrected chi connectivity index (χ3v) is 3.78. The fourth-order valence-corrected chi connectivity index (χ4v) is 2.51. The van der Waals surface area contributed by atoms with E-state index in [9.17, 15) is 9.59 Å². The minimum absolute atomic E-state index is 0.128. The Morgan fingerprint density at radius 2 is 2.04 bits per heavy atom. The van der Waals surface area contributed by atoms with Crippen LogP contribution >= 0.6 is 0 Å². The van der Waals surface area contributed by atoms with Gasteiger partial charge in [0.15, 0.2) is 12.4 Å². The Bertz CT molecular complexity index is 903. The van der Waals surface area contributed by atoms with E-state index in [1.807, 2.05) is 13.0 Å². The summed E-state index contributed by atoms with van der Waals surface area (Å²) in [5.74, 6) is 1.60. The molecule has 0 spiro atoms. The number of carbonyl (C=O) groups excluding carboxylic acids is 2. The van der Waals surface area contributed by atoms with Crippen molar-refractivity contribution in [3.05, 3.63) is 65.3 Å². The molecule has 6 nitrogen and oxygen atoms in total. The summed E-state index contributed by atoms with van der Waals surface area (Å²) in [6.45, 7) is 6.94. The first-order valence-electron chi connectivity index (χ1n) is 8.03. The van der Waals surface area contributed by atoms with Crippen molar-refractivity contribution < 1.29 is 28.2 Å². The van der Waals surface area contributed by atoms with Crippen molar-refractivity contribution in [2.24, 2.45) is 0 Å². The molecule has 0 aliphatic carbocycles. The second kappa shape index (κ2) is 7.31. The first-order valence-corrected chi connectivity index (χ1v) is 8.03. The summed E-state index contributed by atoms with van der Waals surface area (Å²) < 4.78 is 21.5. The molecule has 1 aliphatic rings. The van der Waals surface area contributed by atoms with Gasteiger partial charge in [-0.05, 0) is 38.1 Å². The maximum absolute atomic E-state index is 12.5. The molecule has 6 heteroatoms. The van der Waals surface area contributed by atoms with Crippen LogP contribution in [0.4, 0.5) is 0 Å². The normalized spacial score (nSPS) is 14.1. The maximum atomic E-state index is 12.5. The molecule has 0 unspecified atom stereocenters. The molecule has 134 valence electrons. The monoisotopic (exact) mass is 354 g/mol. The number of rotatable bonds is 6. The van der Waals surface area contributed by atoms with E-state index in [4.69, 9.17) is 18.6 Å². The lowest BCUT2D eigenvalue weighted by Crippen LogP contribution is -2.15. The van der Waals surface area contributed by atoms with E-state index >= 15 is 0 Å². The van der Waals surface area contributed by atoms with Crippen LogP contribution in [-0.4, -0.2) is 25.0 Å². The molecule has 2 aromatic rings. The van der Waals surface area contributed by atoms with Gasteiger partial charge in [-0.3, -0.25) is 4.79 Å². The average Bonchev–Trinajstić information content (AvgIpc) is 3.17. The number of Topliss-reactive ketones (excluding diaryl/α,β-unsaturated/α-hetero) is 1. The van der Waals surface area contributed by atoms with E-state index < -0.39 is 5.97 Å². The fraction of sp³-hybridized carbons (Fsp3) is 0.200. The summed E-state index contributed by atoms with van der Waals surface area (Å²) in [6.07, 6.45) is 3.04. The number of esters is 1. The summed E-state index contributed by atoms with van der Waals surface area (Å²) in [6, 6.07) is 6.82. The molecule has 0 N–H and O–H groups in total. The van der Waals surface area contributed by atoms with Gasteiger partial charge in [0.1, 0.15) is 29.6 Å². The maximum Gasteiger partial charge on any atom is 0.344 e. The highest BCUT2D eigenvalue weighted by atomic mass is 16.6. The zero-order chi connectivity index (χ0) is 18.7. The van der Waals surface area contributed by atoms with Crippen molar-refractivity contribution in [2.75, 3.05) is 13.2 Å². The van der Waals surface area contributed by atoms with Crippen LogP contribution in [0.1, 0.15) is 27.4 Å². The van der Waals surface area contributed by atoms with Crippen molar-refractivity contribution in [1.82, 2.24) is 0 Å². The molecule has 0 saturated heterocycles. The number of hydrogen-bond acceptors (Lipinski definition) is 6. The third kappa shape index (κ3) is 3.54. The van der Waals surface area contributed by atoms with Crippen LogP contribution in [-0.2, 0) is 9.53 Å². The van der Waals surface area contributed by atoms with Crippen LogP contribution in [0.25, 0.3) is 6.08 Å². The third-order valence-electron chi connectivity index (χ3n) is 3.78. The number of ether oxygens (including phenoxy) is 3. The van der Waals surface area contributed by atoms with E-state index in [1.54, 1.807) is 31.2 Å². The smallest absolute Gasteiger partial charge is 0.344 e. The van der Waals surface area contributed by atoms with Gasteiger partial charge in [-0.25, -0.2) is 4.79 Å². The second-order valence-electron chi connectivity index (χ2n) is 5.71. The minimum Gasteiger partial charge on any atom is -0.481 e. The SMILES string of the molecule is C=CCOC(=O)COc1ccc2c(c1C)O/C(=C\c1ccc(C)o1)C2=O. The van der Waals surface area contributed by atoms with Gasteiger partial charge in [0, 0.05) is 11.6 Å². The highest BCUT2D eigenvalue weighted by molar-refractivity contribution is 6.14. The van der Waals surface area contributed by atoms with E-state index in [-0.39, 0.29) is 24.8 Å². The van der Waals surface area contributed by atoms with Gasteiger partial charge in [-0.1, -0.05) is 12.7 Å². The molecular formula is C20H18O6. The number of ketones is 1. The molecule has 0 bridgehead atoms. The topological polar surface area (TPSA) is 75.0 Å². The van der Waals surface area contributed by atoms with Crippen molar-refractivity contribution >= 4 is 17.8 Å². The molecule has 0 atom stereocenters. The van der Waals surface area contributed by atoms with Crippen molar-refractivity contribution in [1.29, 1.82) is 0 Å². The first-order chi connectivity index (χ1) is 12.5. The van der Waals surface area contributed by atoms with Crippen LogP contribution in [0.15, 0.2) is 47.1 Å². The number of benzene rings is 1. The number of fused-ring (bicyclic) bond motifs is 1. The highest BCUT2D eigenvalue weighted by Crippen LogP contribution is 2.39. The van der Waals surface area contributed by atoms with E-state index in [0.717, 1.165) is 5.76 Å². The standard InChI is InChI=1S/C20H18O6/c1-4-9-23-18(21)11-24-16-8-7-15-19(22)17(26-20(15)13(16)3)10-14-6-5-12(2)25-14/h4-8,10H,1,9,11H2,2-3H3/b17-10-. The van der Waals surface area contributed by atoms with Gasteiger partial charge < -0.3 is 18.6 Å². The van der Waals surface area contributed by atoms with Gasteiger partial charge in [0.25, 0.3) is 0 Å². The van der Waals surface area contributed by atoms with Crippen LogP contribution in [0, 0.1) is 13.8 Å². The lowest BCUT2D eigenvalue weighted by atomic mass is 10.1. The first kappa shape index (κ1) is 17.5. The Morgan fingerprint density at radius 1 is 1.23 bits per heavy atom. The molecule has 26 heavy (non-hydrogen) atoms. The molecule has 1 aromatic heterocycles. The summed E-state index contributed by atoms with van der Waals surface area (Å²) in [7, 11) is 0. The predicted molar refractivity (Wildman–Crippen MR) is 94.2 cm³/mol. The van der Waals surface area contributed by atoms with E-state index in [2.05, 4.69) is 6.58 Å². The number of allylic oxidation sites excluding steroid dienone is 1. The molecule has 0 radical (unpaired) electrons. The summed E-state index contributed by atoms with van der Waals surface area (Å²) in [5.41, 5.74) is 1.07. The van der Waals surface area contributed by atoms with E-state index in [1.165, 1.54) is 6.08 Å². The van der Waals surface area contributed by atoms with Crippen molar-refractivity contribution in [3.8, 4) is 11.5 Å². The lowest BCUT2D eigenvalue weighted by Gasteiger charge is -2.10. The van der Waals surface area contributed by atoms with Crippen LogP contribution < -0.4 is 9.47 Å². The van der Waals surface area contributed by atoms with Crippen LogP contribution in [0.3, 0.4) is 0 Å². The van der Waals surface area contributed by atoms with Gasteiger partial charge in [0.05, 0.1) is 5.56 Å². The summed E-state index contributed by atoms with van der Waals surface area (Å²) >= 11 is 0. The second-order valence-corrected chi connectivity index (χ2v) is 5.71. The molecule has 0 fully saturated rings. The predicted octanol–water partition coefficient (Wildman–Crippen LogP) is 3.62. The van der Waals surface area contributed by atoms with Crippen LogP contribution in [0.5, 0.6) is 11.5 Å². The van der Waals surface area contributed by atoms with Crippen molar-refractivity contribution in [3.63, 3.8) is 0 Å². The molecule has 0 saturated carbocycles. The van der Waals surface area contributed by atoms with Crippen molar-refractivity contribution in [2.45, 2.75) is 13.8 Å². The van der Waals surface area contributed by atoms with Gasteiger partial charge in [0.2, 0.25) is 5.78 Å². The molecular weight excluding hydrogens is 336 g/mol. The quantitative estimate of drug-likeness (QED) is 0.448. The Labute approximate surface area is 150 Å². The Balaban J connectivity index is 1.77. The lowest BCUT2D eigenvalue weighted by molar-refractivity contribution is -0.144. The molecule has 2 heterocycles. The molecule has 1 aliphatic heterocycles. The Hall–Kier alpha value is -3.28. The average molecular weight is 354 g/mol. The fourth-order valence-electron chi connectivity index (χ4n) is 2.51. The molecule has 3 rings (SSSR count). The zero-order valence-corrected chi connectivity index (χ0v) is 14.5. The largest absolute Gasteiger partial charge is 0.481 e. The minimum atomic E-state index is -0.504. The summed E-state index contributed by atoms with van der Waals surface area (Å²) in [5, 5.41) is 0. The van der Waals surface area contributed by atoms with Gasteiger partial charge in [-0.15, -0.1) is 0 Å². The number of aryl methyl sites for hydroxylation is 1. The molecule has 0 amide bonds.